The van der Waals surface area contributed by atoms with Gasteiger partial charge in [0.2, 0.25) is 0 Å². The Balaban J connectivity index is 1.90. The fraction of sp³-hybridized carbons (Fsp3) is 0.714. The Morgan fingerprint density at radius 3 is 2.71 bits per heavy atom. The maximum absolute atomic E-state index is 4.51. The first kappa shape index (κ1) is 12.3. The van der Waals surface area contributed by atoms with Crippen molar-refractivity contribution >= 4 is 5.82 Å². The number of rotatable bonds is 3. The lowest BCUT2D eigenvalue weighted by atomic mass is 9.80. The second-order valence-electron chi connectivity index (χ2n) is 5.33. The van der Waals surface area contributed by atoms with Crippen LogP contribution in [0.2, 0.25) is 0 Å². The van der Waals surface area contributed by atoms with Crippen molar-refractivity contribution in [3.63, 3.8) is 0 Å². The summed E-state index contributed by atoms with van der Waals surface area (Å²) in [4.78, 5) is 8.84. The third-order valence-electron chi connectivity index (χ3n) is 4.03. The minimum atomic E-state index is 0.798. The van der Waals surface area contributed by atoms with Gasteiger partial charge < -0.3 is 5.32 Å². The van der Waals surface area contributed by atoms with Crippen LogP contribution in [0.25, 0.3) is 0 Å². The smallest absolute Gasteiger partial charge is 0.144 e. The molecule has 1 aliphatic rings. The first-order chi connectivity index (χ1) is 8.16. The fourth-order valence-electron chi connectivity index (χ4n) is 2.56. The van der Waals surface area contributed by atoms with Gasteiger partial charge in [-0.1, -0.05) is 26.2 Å². The Morgan fingerprint density at radius 2 is 2.00 bits per heavy atom. The Bertz CT molecular complexity index is 376. The third kappa shape index (κ3) is 3.18. The quantitative estimate of drug-likeness (QED) is 0.870. The van der Waals surface area contributed by atoms with Crippen molar-refractivity contribution in [1.29, 1.82) is 0 Å². The second-order valence-corrected chi connectivity index (χ2v) is 5.33. The molecule has 1 saturated carbocycles. The van der Waals surface area contributed by atoms with Crippen LogP contribution < -0.4 is 5.32 Å². The third-order valence-corrected chi connectivity index (χ3v) is 4.03. The number of nitrogens with zero attached hydrogens (tertiary/aromatic N) is 2. The highest BCUT2D eigenvalue weighted by molar-refractivity contribution is 5.33. The molecular formula is C14H23N3. The highest BCUT2D eigenvalue weighted by Gasteiger charge is 2.20. The monoisotopic (exact) mass is 233 g/mol. The molecule has 2 rings (SSSR count). The lowest BCUT2D eigenvalue weighted by Gasteiger charge is -2.28. The van der Waals surface area contributed by atoms with Crippen LogP contribution in [0.3, 0.4) is 0 Å². The number of hydrogen-bond donors (Lipinski definition) is 1. The fourth-order valence-corrected chi connectivity index (χ4v) is 2.56. The SMILES string of the molecule is Cc1ncc(NCC2CCCCC2C)nc1C. The average molecular weight is 233 g/mol. The highest BCUT2D eigenvalue weighted by Crippen LogP contribution is 2.29. The van der Waals surface area contributed by atoms with Crippen LogP contribution in [-0.2, 0) is 0 Å². The number of aromatic nitrogens is 2. The number of nitrogens with one attached hydrogen (secondary N) is 1. The van der Waals surface area contributed by atoms with Gasteiger partial charge in [-0.25, -0.2) is 4.98 Å². The van der Waals surface area contributed by atoms with Crippen LogP contribution >= 0.6 is 0 Å². The first-order valence-electron chi connectivity index (χ1n) is 6.71. The van der Waals surface area contributed by atoms with Gasteiger partial charge in [0.05, 0.1) is 17.6 Å². The molecule has 0 bridgehead atoms. The molecular weight excluding hydrogens is 210 g/mol. The van der Waals surface area contributed by atoms with Crippen molar-refractivity contribution in [3.8, 4) is 0 Å². The van der Waals surface area contributed by atoms with E-state index in [1.807, 2.05) is 20.0 Å². The summed E-state index contributed by atoms with van der Waals surface area (Å²) in [5.41, 5.74) is 2.04. The normalized spacial score (nSPS) is 24.6. The molecule has 0 radical (unpaired) electrons. The minimum absolute atomic E-state index is 0.798. The van der Waals surface area contributed by atoms with Crippen molar-refractivity contribution in [3.05, 3.63) is 17.6 Å². The molecule has 3 heteroatoms. The van der Waals surface area contributed by atoms with Crippen molar-refractivity contribution in [2.45, 2.75) is 46.5 Å². The van der Waals surface area contributed by atoms with Gasteiger partial charge >= 0.3 is 0 Å². The molecule has 1 heterocycles. The molecule has 0 aliphatic heterocycles. The highest BCUT2D eigenvalue weighted by atomic mass is 15.0. The molecule has 1 aromatic heterocycles. The van der Waals surface area contributed by atoms with E-state index in [1.165, 1.54) is 25.7 Å². The summed E-state index contributed by atoms with van der Waals surface area (Å²) in [7, 11) is 0. The van der Waals surface area contributed by atoms with Gasteiger partial charge in [0.1, 0.15) is 5.82 Å². The first-order valence-corrected chi connectivity index (χ1v) is 6.71. The number of anilines is 1. The Morgan fingerprint density at radius 1 is 1.24 bits per heavy atom. The van der Waals surface area contributed by atoms with E-state index in [9.17, 15) is 0 Å². The lowest BCUT2D eigenvalue weighted by Crippen LogP contribution is -2.24. The largest absolute Gasteiger partial charge is 0.368 e. The van der Waals surface area contributed by atoms with E-state index in [0.717, 1.165) is 35.6 Å². The molecule has 3 nitrogen and oxygen atoms in total. The van der Waals surface area contributed by atoms with Crippen LogP contribution in [0.15, 0.2) is 6.20 Å². The van der Waals surface area contributed by atoms with E-state index in [0.29, 0.717) is 0 Å². The van der Waals surface area contributed by atoms with Gasteiger partial charge in [0.15, 0.2) is 0 Å². The van der Waals surface area contributed by atoms with Gasteiger partial charge in [-0.15, -0.1) is 0 Å². The predicted molar refractivity (Wildman–Crippen MR) is 71.1 cm³/mol. The van der Waals surface area contributed by atoms with Crippen molar-refractivity contribution in [2.75, 3.05) is 11.9 Å². The van der Waals surface area contributed by atoms with E-state index < -0.39 is 0 Å². The topological polar surface area (TPSA) is 37.8 Å². The summed E-state index contributed by atoms with van der Waals surface area (Å²) in [6, 6.07) is 0. The number of aryl methyl sites for hydroxylation is 2. The summed E-state index contributed by atoms with van der Waals surface area (Å²) < 4.78 is 0. The molecule has 0 spiro atoms. The predicted octanol–water partition coefficient (Wildman–Crippen LogP) is 3.33. The Hall–Kier alpha value is -1.12. The van der Waals surface area contributed by atoms with Crippen LogP contribution in [0.5, 0.6) is 0 Å². The summed E-state index contributed by atoms with van der Waals surface area (Å²) in [6.07, 6.45) is 7.36. The van der Waals surface area contributed by atoms with Crippen molar-refractivity contribution in [1.82, 2.24) is 9.97 Å². The van der Waals surface area contributed by atoms with Crippen LogP contribution in [0, 0.1) is 25.7 Å². The molecule has 17 heavy (non-hydrogen) atoms. The van der Waals surface area contributed by atoms with Crippen LogP contribution in [0.1, 0.15) is 44.0 Å². The zero-order valence-corrected chi connectivity index (χ0v) is 11.2. The van der Waals surface area contributed by atoms with Crippen molar-refractivity contribution < 1.29 is 0 Å². The molecule has 0 amide bonds. The zero-order valence-electron chi connectivity index (χ0n) is 11.2. The van der Waals surface area contributed by atoms with Gasteiger partial charge in [0.25, 0.3) is 0 Å². The summed E-state index contributed by atoms with van der Waals surface area (Å²) in [5, 5.41) is 3.44. The number of hydrogen-bond acceptors (Lipinski definition) is 3. The van der Waals surface area contributed by atoms with Crippen LogP contribution in [0.4, 0.5) is 5.82 Å². The van der Waals surface area contributed by atoms with E-state index in [2.05, 4.69) is 22.2 Å². The van der Waals surface area contributed by atoms with E-state index >= 15 is 0 Å². The molecule has 1 aliphatic carbocycles. The van der Waals surface area contributed by atoms with Crippen molar-refractivity contribution in [2.24, 2.45) is 11.8 Å². The molecule has 1 aromatic rings. The molecule has 2 unspecified atom stereocenters. The average Bonchev–Trinajstić information content (AvgIpc) is 2.32. The summed E-state index contributed by atoms with van der Waals surface area (Å²) in [6.45, 7) is 7.42. The van der Waals surface area contributed by atoms with Gasteiger partial charge in [-0.2, -0.15) is 0 Å². The van der Waals surface area contributed by atoms with Crippen LogP contribution in [-0.4, -0.2) is 16.5 Å². The second kappa shape index (κ2) is 5.48. The Labute approximate surface area is 104 Å². The maximum Gasteiger partial charge on any atom is 0.144 e. The van der Waals surface area contributed by atoms with E-state index in [1.54, 1.807) is 0 Å². The lowest BCUT2D eigenvalue weighted by molar-refractivity contribution is 0.268. The molecule has 1 N–H and O–H groups in total. The molecule has 94 valence electrons. The van der Waals surface area contributed by atoms with Gasteiger partial charge in [0, 0.05) is 6.54 Å². The molecule has 0 saturated heterocycles. The Kier molecular flexibility index (Phi) is 3.97. The van der Waals surface area contributed by atoms with E-state index in [-0.39, 0.29) is 0 Å². The standard InChI is InChI=1S/C14H23N3/c1-10-6-4-5-7-13(10)8-16-14-9-15-11(2)12(3)17-14/h9-10,13H,4-8H2,1-3H3,(H,16,17). The summed E-state index contributed by atoms with van der Waals surface area (Å²) in [5.74, 6) is 2.56. The molecule has 0 aromatic carbocycles. The van der Waals surface area contributed by atoms with Gasteiger partial charge in [-0.3, -0.25) is 4.98 Å². The minimum Gasteiger partial charge on any atom is -0.368 e. The van der Waals surface area contributed by atoms with E-state index in [4.69, 9.17) is 0 Å². The molecule has 2 atom stereocenters. The van der Waals surface area contributed by atoms with Gasteiger partial charge in [-0.05, 0) is 32.1 Å². The summed E-state index contributed by atoms with van der Waals surface area (Å²) >= 11 is 0. The maximum atomic E-state index is 4.51. The molecule has 1 fully saturated rings. The zero-order chi connectivity index (χ0) is 12.3.